The van der Waals surface area contributed by atoms with E-state index in [2.05, 4.69) is 0 Å². The van der Waals surface area contributed by atoms with E-state index in [0.717, 1.165) is 0 Å². The molecule has 0 amide bonds. The summed E-state index contributed by atoms with van der Waals surface area (Å²) in [4.78, 5) is 0.515. The van der Waals surface area contributed by atoms with Crippen molar-refractivity contribution in [3.63, 3.8) is 0 Å². The van der Waals surface area contributed by atoms with Crippen LogP contribution in [0.25, 0.3) is 0 Å². The molecule has 0 aliphatic rings. The lowest BCUT2D eigenvalue weighted by atomic mass is 10.0. The molecule has 0 aliphatic heterocycles. The maximum Gasteiger partial charge on any atom is 0.207 e. The Hall–Kier alpha value is -3.97. The average Bonchev–Trinajstić information content (AvgIpc) is 2.88. The summed E-state index contributed by atoms with van der Waals surface area (Å²) in [5, 5.41) is 39.5. The van der Waals surface area contributed by atoms with Crippen molar-refractivity contribution in [1.82, 2.24) is 0 Å². The first kappa shape index (κ1) is 26.1. The Kier molecular flexibility index (Phi) is 8.04. The number of phenols is 4. The molecule has 0 saturated carbocycles. The lowest BCUT2D eigenvalue weighted by molar-refractivity contribution is 0.453. The number of benzene rings is 4. The zero-order valence-electron chi connectivity index (χ0n) is 20.3. The van der Waals surface area contributed by atoms with Gasteiger partial charge >= 0.3 is 0 Å². The Labute approximate surface area is 217 Å². The SMILES string of the molecule is O=S(=O)(c1ccccc1CCCc1cc(O)ccc1O)c1ccccc1CCCc1cc(O)ccc1O. The molecular weight excluding hydrogens is 488 g/mol. The molecule has 4 aromatic rings. The third kappa shape index (κ3) is 6.24. The zero-order valence-corrected chi connectivity index (χ0v) is 21.2. The van der Waals surface area contributed by atoms with Crippen LogP contribution in [0.3, 0.4) is 0 Å². The summed E-state index contributed by atoms with van der Waals surface area (Å²) in [5.74, 6) is 0.358. The fraction of sp³-hybridized carbons (Fsp3) is 0.200. The molecule has 4 aromatic carbocycles. The van der Waals surface area contributed by atoms with Crippen molar-refractivity contribution in [1.29, 1.82) is 0 Å². The van der Waals surface area contributed by atoms with E-state index in [1.807, 2.05) is 24.3 Å². The highest BCUT2D eigenvalue weighted by Gasteiger charge is 2.23. The van der Waals surface area contributed by atoms with Crippen LogP contribution >= 0.6 is 0 Å². The van der Waals surface area contributed by atoms with Crippen molar-refractivity contribution in [2.24, 2.45) is 0 Å². The molecule has 4 rings (SSSR count). The van der Waals surface area contributed by atoms with Gasteiger partial charge in [0, 0.05) is 0 Å². The summed E-state index contributed by atoms with van der Waals surface area (Å²) in [6.45, 7) is 0. The second kappa shape index (κ2) is 11.4. The minimum atomic E-state index is -3.80. The van der Waals surface area contributed by atoms with Gasteiger partial charge in [0.25, 0.3) is 0 Å². The van der Waals surface area contributed by atoms with Crippen molar-refractivity contribution >= 4 is 9.84 Å². The van der Waals surface area contributed by atoms with E-state index in [1.54, 1.807) is 24.3 Å². The van der Waals surface area contributed by atoms with E-state index in [1.165, 1.54) is 36.4 Å². The first-order chi connectivity index (χ1) is 17.8. The van der Waals surface area contributed by atoms with E-state index < -0.39 is 9.84 Å². The van der Waals surface area contributed by atoms with Gasteiger partial charge in [-0.15, -0.1) is 0 Å². The number of rotatable bonds is 10. The van der Waals surface area contributed by atoms with Crippen molar-refractivity contribution in [2.75, 3.05) is 0 Å². The summed E-state index contributed by atoms with van der Waals surface area (Å²) in [6, 6.07) is 22.7. The van der Waals surface area contributed by atoms with E-state index >= 15 is 0 Å². The van der Waals surface area contributed by atoms with Crippen LogP contribution in [0.1, 0.15) is 35.1 Å². The van der Waals surface area contributed by atoms with Gasteiger partial charge in [-0.05, 0) is 109 Å². The second-order valence-corrected chi connectivity index (χ2v) is 10.9. The van der Waals surface area contributed by atoms with Gasteiger partial charge in [-0.3, -0.25) is 0 Å². The van der Waals surface area contributed by atoms with E-state index in [9.17, 15) is 28.8 Å². The molecule has 0 aromatic heterocycles. The maximum atomic E-state index is 13.8. The third-order valence-electron chi connectivity index (χ3n) is 6.43. The fourth-order valence-corrected chi connectivity index (χ4v) is 6.33. The van der Waals surface area contributed by atoms with Gasteiger partial charge in [0.05, 0.1) is 9.79 Å². The van der Waals surface area contributed by atoms with Crippen LogP contribution in [0, 0.1) is 0 Å². The number of sulfone groups is 1. The van der Waals surface area contributed by atoms with Crippen molar-refractivity contribution in [3.8, 4) is 23.0 Å². The summed E-state index contributed by atoms with van der Waals surface area (Å²) in [5.41, 5.74) is 2.62. The predicted molar refractivity (Wildman–Crippen MR) is 142 cm³/mol. The molecule has 0 radical (unpaired) electrons. The maximum absolute atomic E-state index is 13.8. The first-order valence-corrected chi connectivity index (χ1v) is 13.7. The number of aryl methyl sites for hydroxylation is 4. The molecule has 0 unspecified atom stereocenters. The molecule has 0 spiro atoms. The Balaban J connectivity index is 1.52. The van der Waals surface area contributed by atoms with Crippen LogP contribution < -0.4 is 0 Å². The summed E-state index contributed by atoms with van der Waals surface area (Å²) in [7, 11) is -3.80. The number of hydrogen-bond acceptors (Lipinski definition) is 6. The second-order valence-electron chi connectivity index (χ2n) is 9.05. The highest BCUT2D eigenvalue weighted by atomic mass is 32.2. The number of hydrogen-bond donors (Lipinski definition) is 4. The highest BCUT2D eigenvalue weighted by Crippen LogP contribution is 2.30. The van der Waals surface area contributed by atoms with E-state index in [4.69, 9.17) is 0 Å². The Morgan fingerprint density at radius 1 is 0.486 bits per heavy atom. The average molecular weight is 519 g/mol. The molecule has 0 bridgehead atoms. The molecule has 37 heavy (non-hydrogen) atoms. The molecule has 4 N–H and O–H groups in total. The molecule has 6 nitrogen and oxygen atoms in total. The number of phenolic OH excluding ortho intramolecular Hbond substituents is 4. The highest BCUT2D eigenvalue weighted by molar-refractivity contribution is 7.91. The van der Waals surface area contributed by atoms with Crippen LogP contribution in [0.2, 0.25) is 0 Å². The third-order valence-corrected chi connectivity index (χ3v) is 8.39. The van der Waals surface area contributed by atoms with Gasteiger partial charge in [0.15, 0.2) is 0 Å². The lowest BCUT2D eigenvalue weighted by Gasteiger charge is -2.14. The summed E-state index contributed by atoms with van der Waals surface area (Å²) < 4.78 is 27.6. The van der Waals surface area contributed by atoms with Crippen LogP contribution in [-0.4, -0.2) is 28.8 Å². The van der Waals surface area contributed by atoms with Gasteiger partial charge in [-0.1, -0.05) is 36.4 Å². The number of aromatic hydroxyl groups is 4. The van der Waals surface area contributed by atoms with Crippen LogP contribution in [0.4, 0.5) is 0 Å². The van der Waals surface area contributed by atoms with Crippen molar-refractivity contribution in [2.45, 2.75) is 48.3 Å². The molecular formula is C30H30O6S. The van der Waals surface area contributed by atoms with Gasteiger partial charge in [0.1, 0.15) is 23.0 Å². The molecule has 7 heteroatoms. The Bertz CT molecular complexity index is 1390. The van der Waals surface area contributed by atoms with Gasteiger partial charge in [-0.25, -0.2) is 8.42 Å². The quantitative estimate of drug-likeness (QED) is 0.200. The minimum absolute atomic E-state index is 0.0756. The topological polar surface area (TPSA) is 115 Å². The summed E-state index contributed by atoms with van der Waals surface area (Å²) >= 11 is 0. The standard InChI is InChI=1S/C30H30O6S/c31-25-15-17-27(33)23(19-25)11-5-9-21-7-1-3-13-29(21)37(35,36)30-14-4-2-8-22(30)10-6-12-24-20-26(32)16-18-28(24)34/h1-4,7-8,13-20,31-34H,5-6,9-12H2. The van der Waals surface area contributed by atoms with Crippen molar-refractivity contribution < 1.29 is 28.8 Å². The molecule has 0 heterocycles. The van der Waals surface area contributed by atoms with Crippen LogP contribution in [-0.2, 0) is 35.5 Å². The molecule has 0 atom stereocenters. The van der Waals surface area contributed by atoms with Gasteiger partial charge in [-0.2, -0.15) is 0 Å². The van der Waals surface area contributed by atoms with Gasteiger partial charge in [0.2, 0.25) is 9.84 Å². The van der Waals surface area contributed by atoms with Crippen LogP contribution in [0.15, 0.2) is 94.7 Å². The molecule has 192 valence electrons. The lowest BCUT2D eigenvalue weighted by Crippen LogP contribution is -2.09. The monoisotopic (exact) mass is 518 g/mol. The van der Waals surface area contributed by atoms with Crippen LogP contribution in [0.5, 0.6) is 23.0 Å². The summed E-state index contributed by atoms with van der Waals surface area (Å²) in [6.07, 6.45) is 3.16. The van der Waals surface area contributed by atoms with E-state index in [-0.39, 0.29) is 32.8 Å². The Morgan fingerprint density at radius 3 is 1.30 bits per heavy atom. The normalized spacial score (nSPS) is 11.5. The smallest absolute Gasteiger partial charge is 0.207 e. The fourth-order valence-electron chi connectivity index (χ4n) is 4.55. The minimum Gasteiger partial charge on any atom is -0.508 e. The molecule has 0 aliphatic carbocycles. The largest absolute Gasteiger partial charge is 0.508 e. The predicted octanol–water partition coefficient (Wildman–Crippen LogP) is 5.69. The Morgan fingerprint density at radius 2 is 0.865 bits per heavy atom. The van der Waals surface area contributed by atoms with Crippen molar-refractivity contribution in [3.05, 3.63) is 107 Å². The first-order valence-electron chi connectivity index (χ1n) is 12.2. The van der Waals surface area contributed by atoms with E-state index in [0.29, 0.717) is 60.8 Å². The molecule has 0 saturated heterocycles. The zero-order chi connectivity index (χ0) is 26.4. The molecule has 0 fully saturated rings. The van der Waals surface area contributed by atoms with Gasteiger partial charge < -0.3 is 20.4 Å².